The van der Waals surface area contributed by atoms with E-state index in [0.717, 1.165) is 12.1 Å². The maximum Gasteiger partial charge on any atom is 0.0990 e. The first kappa shape index (κ1) is 15.6. The molecule has 2 atom stereocenters. The van der Waals surface area contributed by atoms with E-state index in [9.17, 15) is 5.11 Å². The number of aliphatic hydroxyl groups is 1. The number of aliphatic hydroxyl groups excluding tert-OH is 1. The monoisotopic (exact) mass is 283 g/mol. The Hall–Kier alpha value is -1.80. The summed E-state index contributed by atoms with van der Waals surface area (Å²) in [5.41, 5.74) is 4.62. The number of rotatable bonds is 5. The third-order valence-corrected chi connectivity index (χ3v) is 4.13. The van der Waals surface area contributed by atoms with Crippen LogP contribution in [-0.2, 0) is 0 Å². The summed E-state index contributed by atoms with van der Waals surface area (Å²) < 4.78 is 0. The lowest BCUT2D eigenvalue weighted by atomic mass is 10.00. The van der Waals surface area contributed by atoms with Crippen molar-refractivity contribution in [2.75, 3.05) is 11.4 Å². The van der Waals surface area contributed by atoms with Crippen LogP contribution in [0.25, 0.3) is 0 Å². The molecule has 2 nitrogen and oxygen atoms in total. The van der Waals surface area contributed by atoms with E-state index < -0.39 is 6.10 Å². The van der Waals surface area contributed by atoms with Crippen molar-refractivity contribution in [3.8, 4) is 0 Å². The first-order chi connectivity index (χ1) is 10.0. The third-order valence-electron chi connectivity index (χ3n) is 4.13. The van der Waals surface area contributed by atoms with Gasteiger partial charge in [0.05, 0.1) is 12.1 Å². The molecule has 0 aliphatic rings. The molecule has 2 unspecified atom stereocenters. The maximum absolute atomic E-state index is 10.7. The predicted molar refractivity (Wildman–Crippen MR) is 89.8 cm³/mol. The standard InChI is InChI=1S/C19H25NO/c1-5-20(18-9-7-6-8-15(18)3)16(4)19(21)17-12-10-14(2)11-13-17/h6-13,16,19,21H,5H2,1-4H3. The summed E-state index contributed by atoms with van der Waals surface area (Å²) in [6, 6.07) is 16.5. The van der Waals surface area contributed by atoms with Gasteiger partial charge in [-0.3, -0.25) is 0 Å². The number of nitrogens with zero attached hydrogens (tertiary/aromatic N) is 1. The highest BCUT2D eigenvalue weighted by Crippen LogP contribution is 2.28. The average molecular weight is 283 g/mol. The van der Waals surface area contributed by atoms with Crippen molar-refractivity contribution in [2.24, 2.45) is 0 Å². The van der Waals surface area contributed by atoms with Gasteiger partial charge >= 0.3 is 0 Å². The number of likely N-dealkylation sites (N-methyl/N-ethyl adjacent to an activating group) is 1. The molecular formula is C19H25NO. The molecule has 21 heavy (non-hydrogen) atoms. The number of hydrogen-bond donors (Lipinski definition) is 1. The average Bonchev–Trinajstić information content (AvgIpc) is 2.50. The Morgan fingerprint density at radius 2 is 1.62 bits per heavy atom. The highest BCUT2D eigenvalue weighted by atomic mass is 16.3. The minimum atomic E-state index is -0.495. The van der Waals surface area contributed by atoms with Gasteiger partial charge in [0.2, 0.25) is 0 Å². The van der Waals surface area contributed by atoms with E-state index in [1.165, 1.54) is 16.8 Å². The van der Waals surface area contributed by atoms with Crippen molar-refractivity contribution in [1.82, 2.24) is 0 Å². The first-order valence-corrected chi connectivity index (χ1v) is 7.61. The van der Waals surface area contributed by atoms with Gasteiger partial charge < -0.3 is 10.0 Å². The molecule has 2 aromatic rings. The second kappa shape index (κ2) is 6.77. The van der Waals surface area contributed by atoms with Gasteiger partial charge in [-0.05, 0) is 44.9 Å². The Kier molecular flexibility index (Phi) is 5.03. The molecule has 0 radical (unpaired) electrons. The lowest BCUT2D eigenvalue weighted by Gasteiger charge is -2.34. The summed E-state index contributed by atoms with van der Waals surface area (Å²) in [4.78, 5) is 2.26. The Morgan fingerprint density at radius 3 is 2.19 bits per heavy atom. The zero-order valence-electron chi connectivity index (χ0n) is 13.4. The number of anilines is 1. The van der Waals surface area contributed by atoms with Crippen LogP contribution in [0.15, 0.2) is 48.5 Å². The highest BCUT2D eigenvalue weighted by Gasteiger charge is 2.23. The van der Waals surface area contributed by atoms with Gasteiger partial charge in [-0.2, -0.15) is 0 Å². The van der Waals surface area contributed by atoms with E-state index in [4.69, 9.17) is 0 Å². The minimum absolute atomic E-state index is 0.0267. The van der Waals surface area contributed by atoms with Crippen molar-refractivity contribution >= 4 is 5.69 Å². The van der Waals surface area contributed by atoms with Crippen LogP contribution >= 0.6 is 0 Å². The number of benzene rings is 2. The van der Waals surface area contributed by atoms with E-state index >= 15 is 0 Å². The first-order valence-electron chi connectivity index (χ1n) is 7.61. The van der Waals surface area contributed by atoms with Gasteiger partial charge in [0.15, 0.2) is 0 Å². The third kappa shape index (κ3) is 3.45. The molecule has 0 aliphatic heterocycles. The Labute approximate surface area is 128 Å². The van der Waals surface area contributed by atoms with Crippen molar-refractivity contribution in [3.05, 3.63) is 65.2 Å². The maximum atomic E-state index is 10.7. The van der Waals surface area contributed by atoms with Gasteiger partial charge in [-0.25, -0.2) is 0 Å². The van der Waals surface area contributed by atoms with Crippen LogP contribution in [0, 0.1) is 13.8 Å². The molecule has 0 saturated heterocycles. The van der Waals surface area contributed by atoms with Crippen LogP contribution in [0.1, 0.15) is 36.6 Å². The van der Waals surface area contributed by atoms with Crippen molar-refractivity contribution < 1.29 is 5.11 Å². The Bertz CT molecular complexity index is 576. The lowest BCUT2D eigenvalue weighted by Crippen LogP contribution is -2.38. The molecule has 0 fully saturated rings. The summed E-state index contributed by atoms with van der Waals surface area (Å²) in [6.45, 7) is 9.26. The second-order valence-electron chi connectivity index (χ2n) is 5.67. The molecular weight excluding hydrogens is 258 g/mol. The van der Waals surface area contributed by atoms with Crippen molar-refractivity contribution in [2.45, 2.75) is 39.8 Å². The van der Waals surface area contributed by atoms with E-state index in [-0.39, 0.29) is 6.04 Å². The molecule has 0 saturated carbocycles. The van der Waals surface area contributed by atoms with Gasteiger partial charge in [0, 0.05) is 12.2 Å². The van der Waals surface area contributed by atoms with Crippen LogP contribution in [0.3, 0.4) is 0 Å². The summed E-state index contributed by atoms with van der Waals surface area (Å²) in [5, 5.41) is 10.7. The molecule has 0 aliphatic carbocycles. The molecule has 2 aromatic carbocycles. The lowest BCUT2D eigenvalue weighted by molar-refractivity contribution is 0.149. The van der Waals surface area contributed by atoms with Crippen molar-refractivity contribution in [3.63, 3.8) is 0 Å². The Morgan fingerprint density at radius 1 is 1.00 bits per heavy atom. The SMILES string of the molecule is CCN(c1ccccc1C)C(C)C(O)c1ccc(C)cc1. The molecule has 0 amide bonds. The van der Waals surface area contributed by atoms with Crippen LogP contribution in [0.5, 0.6) is 0 Å². The Balaban J connectivity index is 2.25. The van der Waals surface area contributed by atoms with Crippen LogP contribution in [0.4, 0.5) is 5.69 Å². The quantitative estimate of drug-likeness (QED) is 0.886. The van der Waals surface area contributed by atoms with Gasteiger partial charge in [-0.1, -0.05) is 48.0 Å². The normalized spacial score (nSPS) is 13.8. The fraction of sp³-hybridized carbons (Fsp3) is 0.368. The summed E-state index contributed by atoms with van der Waals surface area (Å²) in [5.74, 6) is 0. The highest BCUT2D eigenvalue weighted by molar-refractivity contribution is 5.54. The zero-order chi connectivity index (χ0) is 15.4. The number of aryl methyl sites for hydroxylation is 2. The fourth-order valence-electron chi connectivity index (χ4n) is 2.78. The van der Waals surface area contributed by atoms with E-state index in [2.05, 4.69) is 62.9 Å². The molecule has 0 heterocycles. The van der Waals surface area contributed by atoms with E-state index in [1.807, 2.05) is 18.2 Å². The predicted octanol–water partition coefficient (Wildman–Crippen LogP) is 4.25. The van der Waals surface area contributed by atoms with E-state index in [1.54, 1.807) is 0 Å². The van der Waals surface area contributed by atoms with Crippen LogP contribution < -0.4 is 4.90 Å². The molecule has 2 rings (SSSR count). The fourth-order valence-corrected chi connectivity index (χ4v) is 2.78. The number of para-hydroxylation sites is 1. The topological polar surface area (TPSA) is 23.5 Å². The zero-order valence-corrected chi connectivity index (χ0v) is 13.4. The largest absolute Gasteiger partial charge is 0.386 e. The summed E-state index contributed by atoms with van der Waals surface area (Å²) in [6.07, 6.45) is -0.495. The molecule has 0 spiro atoms. The van der Waals surface area contributed by atoms with Crippen LogP contribution in [0.2, 0.25) is 0 Å². The van der Waals surface area contributed by atoms with E-state index in [0.29, 0.717) is 0 Å². The molecule has 112 valence electrons. The molecule has 0 bridgehead atoms. The number of hydrogen-bond acceptors (Lipinski definition) is 2. The minimum Gasteiger partial charge on any atom is -0.386 e. The van der Waals surface area contributed by atoms with Crippen LogP contribution in [-0.4, -0.2) is 17.7 Å². The molecule has 1 N–H and O–H groups in total. The van der Waals surface area contributed by atoms with Gasteiger partial charge in [-0.15, -0.1) is 0 Å². The smallest absolute Gasteiger partial charge is 0.0990 e. The molecule has 2 heteroatoms. The second-order valence-corrected chi connectivity index (χ2v) is 5.67. The summed E-state index contributed by atoms with van der Waals surface area (Å²) >= 11 is 0. The van der Waals surface area contributed by atoms with Crippen molar-refractivity contribution in [1.29, 1.82) is 0 Å². The molecule has 0 aromatic heterocycles. The van der Waals surface area contributed by atoms with Gasteiger partial charge in [0.1, 0.15) is 0 Å². The van der Waals surface area contributed by atoms with Gasteiger partial charge in [0.25, 0.3) is 0 Å². The summed E-state index contributed by atoms with van der Waals surface area (Å²) in [7, 11) is 0.